The lowest BCUT2D eigenvalue weighted by atomic mass is 10.3. The van der Waals surface area contributed by atoms with Crippen LogP contribution in [-0.2, 0) is 14.6 Å². The average Bonchev–Trinajstić information content (AvgIpc) is 2.27. The molecule has 0 atom stereocenters. The SMILES string of the molecule is CN(CCCC(=O)O)c1ncccc1S(C)(=O)=O. The van der Waals surface area contributed by atoms with Crippen LogP contribution in [-0.4, -0.2) is 44.3 Å². The Morgan fingerprint density at radius 2 is 2.17 bits per heavy atom. The molecule has 1 aromatic rings. The Labute approximate surface area is 106 Å². The Balaban J connectivity index is 2.86. The van der Waals surface area contributed by atoms with Crippen molar-refractivity contribution in [3.05, 3.63) is 18.3 Å². The van der Waals surface area contributed by atoms with Crippen LogP contribution in [0.1, 0.15) is 12.8 Å². The first-order valence-corrected chi connectivity index (χ1v) is 7.29. The molecular weight excluding hydrogens is 256 g/mol. The molecule has 6 nitrogen and oxygen atoms in total. The van der Waals surface area contributed by atoms with Gasteiger partial charge in [-0.15, -0.1) is 0 Å². The van der Waals surface area contributed by atoms with E-state index in [-0.39, 0.29) is 11.3 Å². The van der Waals surface area contributed by atoms with Gasteiger partial charge in [0.2, 0.25) is 0 Å². The van der Waals surface area contributed by atoms with Crippen LogP contribution >= 0.6 is 0 Å². The highest BCUT2D eigenvalue weighted by atomic mass is 32.2. The van der Waals surface area contributed by atoms with Crippen LogP contribution in [0.4, 0.5) is 5.82 Å². The van der Waals surface area contributed by atoms with Gasteiger partial charge in [-0.1, -0.05) is 0 Å². The number of carboxylic acid groups (broad SMARTS) is 1. The first-order valence-electron chi connectivity index (χ1n) is 5.40. The summed E-state index contributed by atoms with van der Waals surface area (Å²) >= 11 is 0. The summed E-state index contributed by atoms with van der Waals surface area (Å²) in [4.78, 5) is 16.3. The zero-order chi connectivity index (χ0) is 13.8. The molecule has 7 heteroatoms. The van der Waals surface area contributed by atoms with Crippen molar-refractivity contribution >= 4 is 21.6 Å². The Hall–Kier alpha value is -1.63. The predicted molar refractivity (Wildman–Crippen MR) is 67.5 cm³/mol. The molecule has 0 aliphatic heterocycles. The molecule has 18 heavy (non-hydrogen) atoms. The molecule has 0 amide bonds. The van der Waals surface area contributed by atoms with Crippen LogP contribution in [0.15, 0.2) is 23.2 Å². The summed E-state index contributed by atoms with van der Waals surface area (Å²) in [5, 5.41) is 8.55. The molecule has 1 heterocycles. The standard InChI is InChI=1S/C11H16N2O4S/c1-13(8-4-6-10(14)15)11-9(18(2,16)17)5-3-7-12-11/h3,5,7H,4,6,8H2,1-2H3,(H,14,15). The molecule has 0 aliphatic rings. The number of nitrogens with zero attached hydrogens (tertiary/aromatic N) is 2. The van der Waals surface area contributed by atoms with E-state index in [4.69, 9.17) is 5.11 Å². The van der Waals surface area contributed by atoms with Gasteiger partial charge < -0.3 is 10.0 Å². The molecule has 0 fully saturated rings. The van der Waals surface area contributed by atoms with Crippen molar-refractivity contribution in [2.24, 2.45) is 0 Å². The maximum atomic E-state index is 11.6. The van der Waals surface area contributed by atoms with Gasteiger partial charge in [-0.05, 0) is 18.6 Å². The molecule has 1 rings (SSSR count). The second kappa shape index (κ2) is 5.81. The molecule has 1 N–H and O–H groups in total. The number of hydrogen-bond donors (Lipinski definition) is 1. The highest BCUT2D eigenvalue weighted by molar-refractivity contribution is 7.90. The number of aromatic nitrogens is 1. The Bertz CT molecular complexity index is 528. The molecule has 0 unspecified atom stereocenters. The van der Waals surface area contributed by atoms with Crippen LogP contribution < -0.4 is 4.90 Å². The summed E-state index contributed by atoms with van der Waals surface area (Å²) in [6.45, 7) is 0.436. The summed E-state index contributed by atoms with van der Waals surface area (Å²) in [6, 6.07) is 3.05. The minimum Gasteiger partial charge on any atom is -0.481 e. The molecule has 0 bridgehead atoms. The maximum absolute atomic E-state index is 11.6. The first kappa shape index (κ1) is 14.4. The Kier molecular flexibility index (Phi) is 4.66. The lowest BCUT2D eigenvalue weighted by Crippen LogP contribution is -2.22. The number of carboxylic acids is 1. The molecule has 1 aromatic heterocycles. The smallest absolute Gasteiger partial charge is 0.303 e. The number of aliphatic carboxylic acids is 1. The van der Waals surface area contributed by atoms with E-state index >= 15 is 0 Å². The maximum Gasteiger partial charge on any atom is 0.303 e. The first-order chi connectivity index (χ1) is 8.32. The monoisotopic (exact) mass is 272 g/mol. The summed E-state index contributed by atoms with van der Waals surface area (Å²) in [6.07, 6.45) is 3.12. The quantitative estimate of drug-likeness (QED) is 0.823. The minimum atomic E-state index is -3.34. The third-order valence-corrected chi connectivity index (χ3v) is 3.51. The highest BCUT2D eigenvalue weighted by Gasteiger charge is 2.16. The number of rotatable bonds is 6. The molecule has 0 saturated carbocycles. The molecular formula is C11H16N2O4S. The van der Waals surface area contributed by atoms with Gasteiger partial charge in [-0.2, -0.15) is 0 Å². The molecule has 0 aromatic carbocycles. The Morgan fingerprint density at radius 1 is 1.50 bits per heavy atom. The van der Waals surface area contributed by atoms with E-state index in [2.05, 4.69) is 4.98 Å². The lowest BCUT2D eigenvalue weighted by molar-refractivity contribution is -0.137. The van der Waals surface area contributed by atoms with Crippen LogP contribution in [0.25, 0.3) is 0 Å². The molecule has 0 radical (unpaired) electrons. The van der Waals surface area contributed by atoms with Crippen molar-refractivity contribution in [1.29, 1.82) is 0 Å². The zero-order valence-corrected chi connectivity index (χ0v) is 11.1. The van der Waals surface area contributed by atoms with Crippen LogP contribution in [0.5, 0.6) is 0 Å². The van der Waals surface area contributed by atoms with E-state index in [1.54, 1.807) is 18.0 Å². The number of sulfone groups is 1. The van der Waals surface area contributed by atoms with E-state index in [0.29, 0.717) is 18.8 Å². The largest absolute Gasteiger partial charge is 0.481 e. The van der Waals surface area contributed by atoms with Gasteiger partial charge in [-0.25, -0.2) is 13.4 Å². The number of hydrogen-bond acceptors (Lipinski definition) is 5. The second-order valence-electron chi connectivity index (χ2n) is 4.02. The van der Waals surface area contributed by atoms with Crippen molar-refractivity contribution in [3.8, 4) is 0 Å². The summed E-state index contributed by atoms with van der Waals surface area (Å²) in [5.74, 6) is -0.516. The highest BCUT2D eigenvalue weighted by Crippen LogP contribution is 2.21. The van der Waals surface area contributed by atoms with Crippen molar-refractivity contribution in [2.45, 2.75) is 17.7 Å². The topological polar surface area (TPSA) is 87.6 Å². The van der Waals surface area contributed by atoms with Crippen LogP contribution in [0.2, 0.25) is 0 Å². The van der Waals surface area contributed by atoms with E-state index in [1.807, 2.05) is 0 Å². The fourth-order valence-corrected chi connectivity index (χ4v) is 2.40. The fraction of sp³-hybridized carbons (Fsp3) is 0.455. The second-order valence-corrected chi connectivity index (χ2v) is 6.00. The van der Waals surface area contributed by atoms with E-state index in [1.165, 1.54) is 12.3 Å². The molecule has 100 valence electrons. The normalized spacial score (nSPS) is 11.2. The third kappa shape index (κ3) is 3.99. The van der Waals surface area contributed by atoms with Gasteiger partial charge in [-0.3, -0.25) is 4.79 Å². The van der Waals surface area contributed by atoms with E-state index in [9.17, 15) is 13.2 Å². The van der Waals surface area contributed by atoms with Gasteiger partial charge in [0.1, 0.15) is 10.7 Å². The summed E-state index contributed by atoms with van der Waals surface area (Å²) < 4.78 is 23.2. The van der Waals surface area contributed by atoms with E-state index < -0.39 is 15.8 Å². The fourth-order valence-electron chi connectivity index (χ4n) is 1.53. The minimum absolute atomic E-state index is 0.0470. The number of anilines is 1. The van der Waals surface area contributed by atoms with Gasteiger partial charge in [0.25, 0.3) is 0 Å². The van der Waals surface area contributed by atoms with Crippen molar-refractivity contribution in [2.75, 3.05) is 24.7 Å². The molecule has 0 spiro atoms. The average molecular weight is 272 g/mol. The van der Waals surface area contributed by atoms with Gasteiger partial charge in [0.05, 0.1) is 0 Å². The van der Waals surface area contributed by atoms with Crippen molar-refractivity contribution < 1.29 is 18.3 Å². The molecule has 0 saturated heterocycles. The predicted octanol–water partition coefficient (Wildman–Crippen LogP) is 0.786. The van der Waals surface area contributed by atoms with Crippen LogP contribution in [0.3, 0.4) is 0 Å². The third-order valence-electron chi connectivity index (χ3n) is 2.40. The van der Waals surface area contributed by atoms with E-state index in [0.717, 1.165) is 6.26 Å². The Morgan fingerprint density at radius 3 is 2.72 bits per heavy atom. The van der Waals surface area contributed by atoms with Crippen LogP contribution in [0, 0.1) is 0 Å². The van der Waals surface area contributed by atoms with Crippen molar-refractivity contribution in [3.63, 3.8) is 0 Å². The summed E-state index contributed by atoms with van der Waals surface area (Å²) in [7, 11) is -1.65. The number of carbonyl (C=O) groups is 1. The van der Waals surface area contributed by atoms with Gasteiger partial charge >= 0.3 is 5.97 Å². The van der Waals surface area contributed by atoms with Gasteiger partial charge in [0.15, 0.2) is 9.84 Å². The van der Waals surface area contributed by atoms with Crippen molar-refractivity contribution in [1.82, 2.24) is 4.98 Å². The summed E-state index contributed by atoms with van der Waals surface area (Å²) in [5.41, 5.74) is 0. The number of pyridine rings is 1. The lowest BCUT2D eigenvalue weighted by Gasteiger charge is -2.19. The van der Waals surface area contributed by atoms with Gasteiger partial charge in [0, 0.05) is 32.5 Å². The molecule has 0 aliphatic carbocycles. The zero-order valence-electron chi connectivity index (χ0n) is 10.3.